The summed E-state index contributed by atoms with van der Waals surface area (Å²) in [5.41, 5.74) is -1.54. The zero-order valence-corrected chi connectivity index (χ0v) is 10.6. The number of imidazole rings is 2. The molecule has 0 fully saturated rings. The van der Waals surface area contributed by atoms with Gasteiger partial charge in [0.1, 0.15) is 11.8 Å². The Morgan fingerprint density at radius 3 is 2.82 bits per heavy atom. The van der Waals surface area contributed by atoms with Crippen molar-refractivity contribution in [3.8, 4) is 0 Å². The van der Waals surface area contributed by atoms with Gasteiger partial charge < -0.3 is 4.98 Å². The molecule has 0 atom stereocenters. The molecule has 0 saturated carbocycles. The van der Waals surface area contributed by atoms with E-state index in [1.807, 2.05) is 0 Å². The van der Waals surface area contributed by atoms with Crippen LogP contribution in [-0.2, 0) is 0 Å². The smallest absolute Gasteiger partial charge is 0.339 e. The molecule has 4 aromatic heterocycles. The number of aromatic nitrogens is 8. The van der Waals surface area contributed by atoms with E-state index in [4.69, 9.17) is 4.94 Å². The minimum atomic E-state index is -0.831. The summed E-state index contributed by atoms with van der Waals surface area (Å²) in [6.07, 6.45) is 3.69. The van der Waals surface area contributed by atoms with E-state index in [2.05, 4.69) is 29.9 Å². The van der Waals surface area contributed by atoms with Crippen LogP contribution in [0.25, 0.3) is 22.3 Å². The van der Waals surface area contributed by atoms with Crippen molar-refractivity contribution in [2.45, 2.75) is 0 Å². The quantitative estimate of drug-likeness (QED) is 0.377. The molecule has 12 heteroatoms. The van der Waals surface area contributed by atoms with E-state index in [1.165, 1.54) is 18.9 Å². The first-order valence-corrected chi connectivity index (χ1v) is 5.93. The normalized spacial score (nSPS) is 11.3. The molecule has 110 valence electrons. The molecule has 0 spiro atoms. The Kier molecular flexibility index (Phi) is 2.27. The molecular weight excluding hydrogens is 296 g/mol. The van der Waals surface area contributed by atoms with Crippen molar-refractivity contribution in [1.82, 2.24) is 39.4 Å². The third kappa shape index (κ3) is 1.64. The van der Waals surface area contributed by atoms with E-state index >= 15 is 0 Å². The van der Waals surface area contributed by atoms with Gasteiger partial charge in [-0.1, -0.05) is 4.73 Å². The molecule has 4 heterocycles. The lowest BCUT2D eigenvalue weighted by molar-refractivity contribution is 0.0267. The molecule has 0 aliphatic carbocycles. The summed E-state index contributed by atoms with van der Waals surface area (Å²) in [5, 5.41) is 0. The fraction of sp³-hybridized carbons (Fsp3) is 0. The van der Waals surface area contributed by atoms with E-state index in [-0.39, 0.29) is 16.8 Å². The number of fused-ring (bicyclic) bond motifs is 2. The lowest BCUT2D eigenvalue weighted by Gasteiger charge is -2.06. The maximum Gasteiger partial charge on any atom is 0.366 e. The van der Waals surface area contributed by atoms with Gasteiger partial charge in [0.2, 0.25) is 0 Å². The average Bonchev–Trinajstić information content (AvgIpc) is 3.10. The van der Waals surface area contributed by atoms with Gasteiger partial charge >= 0.3 is 16.9 Å². The van der Waals surface area contributed by atoms with Crippen LogP contribution in [-0.4, -0.2) is 39.4 Å². The Morgan fingerprint density at radius 2 is 1.95 bits per heavy atom. The fourth-order valence-corrected chi connectivity index (χ4v) is 1.94. The number of nitrogens with zero attached hydrogens (tertiary/aromatic N) is 5. The average molecular weight is 302 g/mol. The van der Waals surface area contributed by atoms with Crippen LogP contribution in [0.15, 0.2) is 33.2 Å². The molecular formula is C10H6N8O4. The van der Waals surface area contributed by atoms with Crippen LogP contribution in [0.1, 0.15) is 0 Å². The van der Waals surface area contributed by atoms with Crippen LogP contribution in [0.5, 0.6) is 0 Å². The standard InChI is InChI=1S/C10H6N8O4/c19-8-5-6(13-2-12-5)15-10(21)18(8)22-17-3-14-4-1-11-9(20)16-7(4)17/h1-3H,(H,12,13)(H,15,21)(H,11,16,20). The van der Waals surface area contributed by atoms with Gasteiger partial charge in [0.15, 0.2) is 16.8 Å². The highest BCUT2D eigenvalue weighted by Crippen LogP contribution is 2.03. The zero-order valence-electron chi connectivity index (χ0n) is 10.6. The summed E-state index contributed by atoms with van der Waals surface area (Å²) < 4.78 is 1.44. The second-order valence-corrected chi connectivity index (χ2v) is 4.23. The maximum absolute atomic E-state index is 12.2. The summed E-state index contributed by atoms with van der Waals surface area (Å²) in [4.78, 5) is 59.1. The number of aromatic amines is 3. The van der Waals surface area contributed by atoms with Crippen LogP contribution in [0.2, 0.25) is 0 Å². The van der Waals surface area contributed by atoms with Gasteiger partial charge in [-0.25, -0.2) is 19.6 Å². The molecule has 3 N–H and O–H groups in total. The van der Waals surface area contributed by atoms with Crippen LogP contribution in [0.3, 0.4) is 0 Å². The first kappa shape index (κ1) is 12.1. The number of H-pyrrole nitrogens is 3. The fourth-order valence-electron chi connectivity index (χ4n) is 1.94. The van der Waals surface area contributed by atoms with Gasteiger partial charge in [0, 0.05) is 0 Å². The highest BCUT2D eigenvalue weighted by Gasteiger charge is 2.13. The third-order valence-electron chi connectivity index (χ3n) is 2.91. The SMILES string of the molecule is O=c1ncc2ncn(On3c(=O)[nH]c4nc[nH]c4c3=O)c2[nH]1. The maximum atomic E-state index is 12.2. The van der Waals surface area contributed by atoms with E-state index in [0.717, 1.165) is 4.73 Å². The van der Waals surface area contributed by atoms with Crippen molar-refractivity contribution in [2.75, 3.05) is 0 Å². The molecule has 0 bridgehead atoms. The minimum absolute atomic E-state index is 0.0687. The Hall–Kier alpha value is -3.70. The number of nitrogens with one attached hydrogen (secondary N) is 3. The van der Waals surface area contributed by atoms with Crippen molar-refractivity contribution < 1.29 is 4.94 Å². The predicted octanol–water partition coefficient (Wildman–Crippen LogP) is -2.26. The van der Waals surface area contributed by atoms with Crippen molar-refractivity contribution in [1.29, 1.82) is 0 Å². The van der Waals surface area contributed by atoms with E-state index in [9.17, 15) is 14.4 Å². The number of hydrogen-bond donors (Lipinski definition) is 3. The summed E-state index contributed by atoms with van der Waals surface area (Å²) >= 11 is 0. The van der Waals surface area contributed by atoms with E-state index < -0.39 is 16.9 Å². The van der Waals surface area contributed by atoms with Crippen molar-refractivity contribution >= 4 is 22.3 Å². The minimum Gasteiger partial charge on any atom is -0.339 e. The molecule has 4 aromatic rings. The van der Waals surface area contributed by atoms with Gasteiger partial charge in [-0.2, -0.15) is 4.98 Å². The lowest BCUT2D eigenvalue weighted by atomic mass is 10.5. The highest BCUT2D eigenvalue weighted by atomic mass is 16.8. The predicted molar refractivity (Wildman–Crippen MR) is 71.1 cm³/mol. The second kappa shape index (κ2) is 4.15. The Balaban J connectivity index is 1.93. The topological polar surface area (TPSA) is 156 Å². The van der Waals surface area contributed by atoms with Gasteiger partial charge in [-0.3, -0.25) is 19.7 Å². The van der Waals surface area contributed by atoms with E-state index in [1.54, 1.807) is 0 Å². The summed E-state index contributed by atoms with van der Waals surface area (Å²) in [7, 11) is 0. The lowest BCUT2D eigenvalue weighted by Crippen LogP contribution is -2.41. The molecule has 0 unspecified atom stereocenters. The molecule has 0 aliphatic heterocycles. The molecule has 12 nitrogen and oxygen atoms in total. The summed E-state index contributed by atoms with van der Waals surface area (Å²) in [6, 6.07) is 0. The Bertz CT molecular complexity index is 1180. The molecule has 0 radical (unpaired) electrons. The molecule has 22 heavy (non-hydrogen) atoms. The van der Waals surface area contributed by atoms with Crippen molar-refractivity contribution in [3.63, 3.8) is 0 Å². The number of rotatable bonds is 2. The second-order valence-electron chi connectivity index (χ2n) is 4.23. The summed E-state index contributed by atoms with van der Waals surface area (Å²) in [5.74, 6) is 0. The van der Waals surface area contributed by atoms with Crippen LogP contribution < -0.4 is 21.9 Å². The van der Waals surface area contributed by atoms with Gasteiger partial charge in [-0.15, -0.1) is 4.73 Å². The first-order valence-electron chi connectivity index (χ1n) is 5.93. The molecule has 0 saturated heterocycles. The zero-order chi connectivity index (χ0) is 15.3. The third-order valence-corrected chi connectivity index (χ3v) is 2.91. The molecule has 4 rings (SSSR count). The monoisotopic (exact) mass is 302 g/mol. The molecule has 0 aromatic carbocycles. The van der Waals surface area contributed by atoms with Crippen LogP contribution in [0, 0.1) is 0 Å². The first-order chi connectivity index (χ1) is 10.6. The number of hydrogen-bond acceptors (Lipinski definition) is 7. The van der Waals surface area contributed by atoms with Crippen LogP contribution in [0.4, 0.5) is 0 Å². The van der Waals surface area contributed by atoms with Crippen LogP contribution >= 0.6 is 0 Å². The molecule has 0 aliphatic rings. The van der Waals surface area contributed by atoms with Crippen molar-refractivity contribution in [2.24, 2.45) is 0 Å². The highest BCUT2D eigenvalue weighted by molar-refractivity contribution is 5.68. The Labute approximate surface area is 118 Å². The van der Waals surface area contributed by atoms with Crippen molar-refractivity contribution in [3.05, 3.63) is 50.2 Å². The van der Waals surface area contributed by atoms with Gasteiger partial charge in [0.25, 0.3) is 0 Å². The Morgan fingerprint density at radius 1 is 1.09 bits per heavy atom. The summed E-state index contributed by atoms with van der Waals surface area (Å²) in [6.45, 7) is 0. The largest absolute Gasteiger partial charge is 0.366 e. The van der Waals surface area contributed by atoms with Gasteiger partial charge in [-0.05, 0) is 0 Å². The molecule has 0 amide bonds. The van der Waals surface area contributed by atoms with Gasteiger partial charge in [0.05, 0.1) is 12.5 Å². The van der Waals surface area contributed by atoms with E-state index in [0.29, 0.717) is 10.2 Å².